The van der Waals surface area contributed by atoms with Crippen LogP contribution in [0.1, 0.15) is 6.42 Å². The van der Waals surface area contributed by atoms with Gasteiger partial charge in [-0.15, -0.1) is 0 Å². The fraction of sp³-hybridized carbons (Fsp3) is 0.200. The lowest BCUT2D eigenvalue weighted by Gasteiger charge is -1.79. The lowest BCUT2D eigenvalue weighted by Crippen LogP contribution is -1.84. The minimum absolute atomic E-state index is 0.444. The van der Waals surface area contributed by atoms with Crippen molar-refractivity contribution < 1.29 is 9.46 Å². The molecule has 0 aliphatic heterocycles. The summed E-state index contributed by atoms with van der Waals surface area (Å²) in [4.78, 5) is 10.1. The molecule has 1 atom stereocenters. The summed E-state index contributed by atoms with van der Waals surface area (Å²) in [6, 6.07) is 0. The summed E-state index contributed by atoms with van der Waals surface area (Å²) in [5.74, 6) is 0. The van der Waals surface area contributed by atoms with Crippen molar-refractivity contribution in [2.45, 2.75) is 6.42 Å². The summed E-state index contributed by atoms with van der Waals surface area (Å²) in [5, 5.41) is 0.444. The van der Waals surface area contributed by atoms with Gasteiger partial charge < -0.3 is 4.89 Å². The van der Waals surface area contributed by atoms with E-state index in [1.54, 1.807) is 12.2 Å². The summed E-state index contributed by atoms with van der Waals surface area (Å²) in [6.07, 6.45) is 5.89. The largest absolute Gasteiger partial charge is 0.591 e. The maximum atomic E-state index is 10.1. The third-order valence-electron chi connectivity index (χ3n) is 0.963. The van der Waals surface area contributed by atoms with Crippen LogP contribution in [0.4, 0.5) is 0 Å². The molecule has 1 aliphatic carbocycles. The molecule has 0 amide bonds. The maximum absolute atomic E-state index is 10.1. The summed E-state index contributed by atoms with van der Waals surface area (Å²) in [7, 11) is -2.33. The number of hydrogen-bond acceptors (Lipinski definition) is 2. The van der Waals surface area contributed by atoms with Crippen LogP contribution in [0.3, 0.4) is 0 Å². The second kappa shape index (κ2) is 2.21. The molecular weight excluding hydrogens is 123 g/mol. The summed E-state index contributed by atoms with van der Waals surface area (Å²) in [6.45, 7) is 0. The van der Waals surface area contributed by atoms with Crippen molar-refractivity contribution in [2.24, 2.45) is 0 Å². The average Bonchev–Trinajstić information content (AvgIpc) is 2.12. The minimum Gasteiger partial charge on any atom is -0.591 e. The monoisotopic (exact) mass is 128 g/mol. The Hall–Kier alpha value is -0.460. The lowest BCUT2D eigenvalue weighted by molar-refractivity contribution is -0.161. The van der Waals surface area contributed by atoms with E-state index in [0.717, 1.165) is 6.42 Å². The van der Waals surface area contributed by atoms with Crippen LogP contribution < -0.4 is 4.89 Å². The SMILES string of the molecule is O=[P+]([O-])C1=CCC=C1. The molecule has 1 unspecified atom stereocenters. The van der Waals surface area contributed by atoms with Gasteiger partial charge in [-0.1, -0.05) is 10.6 Å². The number of hydrogen-bond donors (Lipinski definition) is 0. The van der Waals surface area contributed by atoms with Crippen LogP contribution in [0.5, 0.6) is 0 Å². The fourth-order valence-corrected chi connectivity index (χ4v) is 1.06. The van der Waals surface area contributed by atoms with E-state index < -0.39 is 8.03 Å². The van der Waals surface area contributed by atoms with Gasteiger partial charge in [0.1, 0.15) is 0 Å². The molecule has 0 aromatic heterocycles. The van der Waals surface area contributed by atoms with Crippen LogP contribution in [-0.2, 0) is 4.57 Å². The van der Waals surface area contributed by atoms with Crippen molar-refractivity contribution in [2.75, 3.05) is 0 Å². The van der Waals surface area contributed by atoms with E-state index in [9.17, 15) is 9.46 Å². The first kappa shape index (κ1) is 5.67. The molecule has 0 heterocycles. The highest BCUT2D eigenvalue weighted by atomic mass is 31.1. The Morgan fingerprint density at radius 1 is 1.75 bits per heavy atom. The lowest BCUT2D eigenvalue weighted by atomic mass is 10.5. The van der Waals surface area contributed by atoms with E-state index in [-0.39, 0.29) is 0 Å². The van der Waals surface area contributed by atoms with E-state index in [2.05, 4.69) is 0 Å². The van der Waals surface area contributed by atoms with Gasteiger partial charge in [-0.25, -0.2) is 0 Å². The van der Waals surface area contributed by atoms with Crippen molar-refractivity contribution in [1.29, 1.82) is 0 Å². The first-order chi connectivity index (χ1) is 3.80. The summed E-state index contributed by atoms with van der Waals surface area (Å²) >= 11 is 0. The van der Waals surface area contributed by atoms with Crippen LogP contribution >= 0.6 is 8.03 Å². The standard InChI is InChI=1S/C5H5O2P/c6-8(7)5-3-1-2-4-5/h1,3-4H,2H2. The van der Waals surface area contributed by atoms with Crippen molar-refractivity contribution in [3.63, 3.8) is 0 Å². The molecule has 0 aromatic carbocycles. The molecular formula is C5H5O2P. The van der Waals surface area contributed by atoms with Crippen LogP contribution in [0.15, 0.2) is 23.5 Å². The molecule has 0 spiro atoms. The first-order valence-corrected chi connectivity index (χ1v) is 3.49. The Bertz CT molecular complexity index is 169. The van der Waals surface area contributed by atoms with Crippen molar-refractivity contribution in [3.8, 4) is 0 Å². The van der Waals surface area contributed by atoms with Crippen molar-refractivity contribution in [3.05, 3.63) is 23.5 Å². The van der Waals surface area contributed by atoms with Gasteiger partial charge in [0.25, 0.3) is 0 Å². The Balaban J connectivity index is 2.72. The topological polar surface area (TPSA) is 40.1 Å². The third-order valence-corrected chi connectivity index (χ3v) is 1.72. The smallest absolute Gasteiger partial charge is 0.348 e. The second-order valence-electron chi connectivity index (χ2n) is 1.52. The molecule has 0 bridgehead atoms. The van der Waals surface area contributed by atoms with Crippen molar-refractivity contribution >= 4 is 8.03 Å². The van der Waals surface area contributed by atoms with E-state index in [1.807, 2.05) is 6.08 Å². The molecule has 0 saturated heterocycles. The van der Waals surface area contributed by atoms with E-state index in [4.69, 9.17) is 0 Å². The predicted octanol–water partition coefficient (Wildman–Crippen LogP) is 0.933. The van der Waals surface area contributed by atoms with Gasteiger partial charge in [-0.05, 0) is 18.6 Å². The molecule has 42 valence electrons. The summed E-state index contributed by atoms with van der Waals surface area (Å²) < 4.78 is 10.1. The molecule has 1 rings (SSSR count). The van der Waals surface area contributed by atoms with E-state index in [1.165, 1.54) is 0 Å². The Kier molecular flexibility index (Phi) is 1.56. The van der Waals surface area contributed by atoms with Crippen molar-refractivity contribution in [1.82, 2.24) is 0 Å². The number of allylic oxidation sites excluding steroid dienone is 4. The van der Waals surface area contributed by atoms with Gasteiger partial charge in [0.15, 0.2) is 5.31 Å². The first-order valence-electron chi connectivity index (χ1n) is 2.32. The van der Waals surface area contributed by atoms with Gasteiger partial charge in [-0.2, -0.15) is 0 Å². The molecule has 0 radical (unpaired) electrons. The van der Waals surface area contributed by atoms with Crippen LogP contribution in [0.2, 0.25) is 0 Å². The Morgan fingerprint density at radius 2 is 2.50 bits per heavy atom. The highest BCUT2D eigenvalue weighted by Gasteiger charge is 2.09. The van der Waals surface area contributed by atoms with Crippen LogP contribution in [0.25, 0.3) is 0 Å². The van der Waals surface area contributed by atoms with Crippen LogP contribution in [-0.4, -0.2) is 0 Å². The molecule has 0 saturated carbocycles. The summed E-state index contributed by atoms with van der Waals surface area (Å²) in [5.41, 5.74) is 0. The maximum Gasteiger partial charge on any atom is 0.348 e. The molecule has 3 heteroatoms. The molecule has 0 N–H and O–H groups in total. The highest BCUT2D eigenvalue weighted by molar-refractivity contribution is 7.42. The van der Waals surface area contributed by atoms with Gasteiger partial charge in [-0.3, -0.25) is 0 Å². The van der Waals surface area contributed by atoms with Gasteiger partial charge in [0.05, 0.1) is 0 Å². The quantitative estimate of drug-likeness (QED) is 0.493. The fourth-order valence-electron chi connectivity index (χ4n) is 0.581. The molecule has 8 heavy (non-hydrogen) atoms. The normalized spacial score (nSPS) is 18.6. The second-order valence-corrected chi connectivity index (χ2v) is 2.55. The third kappa shape index (κ3) is 1.03. The highest BCUT2D eigenvalue weighted by Crippen LogP contribution is 2.27. The molecule has 0 fully saturated rings. The van der Waals surface area contributed by atoms with Gasteiger partial charge in [0.2, 0.25) is 0 Å². The average molecular weight is 128 g/mol. The van der Waals surface area contributed by atoms with Gasteiger partial charge in [0, 0.05) is 0 Å². The zero-order valence-corrected chi connectivity index (χ0v) is 5.10. The minimum atomic E-state index is -2.33. The zero-order valence-electron chi connectivity index (χ0n) is 4.20. The Morgan fingerprint density at radius 3 is 2.75 bits per heavy atom. The Labute approximate surface area is 48.4 Å². The van der Waals surface area contributed by atoms with Crippen LogP contribution in [0, 0.1) is 0 Å². The number of rotatable bonds is 1. The zero-order chi connectivity index (χ0) is 5.98. The van der Waals surface area contributed by atoms with E-state index >= 15 is 0 Å². The molecule has 2 nitrogen and oxygen atoms in total. The molecule has 1 aliphatic rings. The van der Waals surface area contributed by atoms with Gasteiger partial charge >= 0.3 is 8.03 Å². The van der Waals surface area contributed by atoms with E-state index in [0.29, 0.717) is 5.31 Å². The predicted molar refractivity (Wildman–Crippen MR) is 29.4 cm³/mol. The molecule has 0 aromatic rings.